The average Bonchev–Trinajstić information content (AvgIpc) is 2.58. The molecule has 2 fully saturated rings. The number of anilines is 2. The molecule has 0 aliphatic carbocycles. The number of nitrogen functional groups attached to an aromatic ring is 1. The van der Waals surface area contributed by atoms with Gasteiger partial charge in [0.1, 0.15) is 0 Å². The fraction of sp³-hybridized carbons (Fsp3) is 0.600. The highest BCUT2D eigenvalue weighted by molar-refractivity contribution is 5.64. The molecule has 1 aromatic carbocycles. The first-order valence-electron chi connectivity index (χ1n) is 6.99. The second kappa shape index (κ2) is 4.47. The first-order valence-corrected chi connectivity index (χ1v) is 6.99. The van der Waals surface area contributed by atoms with E-state index in [0.717, 1.165) is 30.9 Å². The molecular weight excluding hydrogens is 222 g/mol. The Hall–Kier alpha value is -1.22. The molecule has 2 unspecified atom stereocenters. The predicted octanol–water partition coefficient (Wildman–Crippen LogP) is 2.25. The molecule has 2 heterocycles. The zero-order chi connectivity index (χ0) is 12.7. The van der Waals surface area contributed by atoms with Crippen LogP contribution < -0.4 is 10.6 Å². The van der Waals surface area contributed by atoms with Crippen molar-refractivity contribution in [2.75, 3.05) is 30.8 Å². The van der Waals surface area contributed by atoms with Crippen LogP contribution in [0.15, 0.2) is 18.2 Å². The largest absolute Gasteiger partial charge is 0.398 e. The van der Waals surface area contributed by atoms with E-state index in [1.165, 1.54) is 30.5 Å². The highest BCUT2D eigenvalue weighted by atomic mass is 15.3. The molecule has 2 bridgehead atoms. The molecule has 3 nitrogen and oxygen atoms in total. The number of fused-ring (bicyclic) bond motifs is 2. The van der Waals surface area contributed by atoms with Gasteiger partial charge in [0.05, 0.1) is 0 Å². The van der Waals surface area contributed by atoms with Crippen molar-refractivity contribution < 1.29 is 0 Å². The van der Waals surface area contributed by atoms with Crippen molar-refractivity contribution in [3.63, 3.8) is 0 Å². The lowest BCUT2D eigenvalue weighted by atomic mass is 10.1. The van der Waals surface area contributed by atoms with Gasteiger partial charge >= 0.3 is 0 Å². The van der Waals surface area contributed by atoms with E-state index in [1.54, 1.807) is 0 Å². The SMILES string of the molecule is Cc1c(N)cccc1N1CCC2CCC(C1)N2C. The lowest BCUT2D eigenvalue weighted by Crippen LogP contribution is -2.36. The molecular formula is C15H23N3. The van der Waals surface area contributed by atoms with E-state index in [9.17, 15) is 0 Å². The van der Waals surface area contributed by atoms with Crippen LogP contribution in [0, 0.1) is 6.92 Å². The summed E-state index contributed by atoms with van der Waals surface area (Å²) in [6.45, 7) is 4.45. The molecule has 0 spiro atoms. The highest BCUT2D eigenvalue weighted by Gasteiger charge is 2.34. The summed E-state index contributed by atoms with van der Waals surface area (Å²) in [5, 5.41) is 0. The van der Waals surface area contributed by atoms with Crippen molar-refractivity contribution in [1.82, 2.24) is 4.90 Å². The van der Waals surface area contributed by atoms with Crippen LogP contribution in [0.1, 0.15) is 24.8 Å². The predicted molar refractivity (Wildman–Crippen MR) is 77.0 cm³/mol. The number of benzene rings is 1. The third kappa shape index (κ3) is 1.87. The van der Waals surface area contributed by atoms with Crippen molar-refractivity contribution >= 4 is 11.4 Å². The van der Waals surface area contributed by atoms with Crippen LogP contribution in [-0.2, 0) is 0 Å². The van der Waals surface area contributed by atoms with Crippen LogP contribution >= 0.6 is 0 Å². The second-order valence-corrected chi connectivity index (χ2v) is 5.78. The van der Waals surface area contributed by atoms with Crippen molar-refractivity contribution in [3.05, 3.63) is 23.8 Å². The Morgan fingerprint density at radius 2 is 1.94 bits per heavy atom. The number of nitrogens with zero attached hydrogens (tertiary/aromatic N) is 2. The number of likely N-dealkylation sites (N-methyl/N-ethyl adjacent to an activating group) is 1. The normalized spacial score (nSPS) is 28.4. The molecule has 0 radical (unpaired) electrons. The van der Waals surface area contributed by atoms with Gasteiger partial charge in [-0.3, -0.25) is 4.90 Å². The minimum atomic E-state index is 0.721. The van der Waals surface area contributed by atoms with Gasteiger partial charge < -0.3 is 10.6 Å². The number of rotatable bonds is 1. The summed E-state index contributed by atoms with van der Waals surface area (Å²) in [4.78, 5) is 5.12. The van der Waals surface area contributed by atoms with Crippen LogP contribution in [-0.4, -0.2) is 37.1 Å². The van der Waals surface area contributed by atoms with Gasteiger partial charge in [0.2, 0.25) is 0 Å². The Labute approximate surface area is 110 Å². The standard InChI is InChI=1S/C15H23N3/c1-11-14(16)4-3-5-15(11)18-9-8-12-6-7-13(10-18)17(12)2/h3-5,12-13H,6-10,16H2,1-2H3. The van der Waals surface area contributed by atoms with Crippen molar-refractivity contribution in [1.29, 1.82) is 0 Å². The highest BCUT2D eigenvalue weighted by Crippen LogP contribution is 2.32. The number of hydrogen-bond acceptors (Lipinski definition) is 3. The van der Waals surface area contributed by atoms with Gasteiger partial charge in [-0.2, -0.15) is 0 Å². The summed E-state index contributed by atoms with van der Waals surface area (Å²) >= 11 is 0. The van der Waals surface area contributed by atoms with Gasteiger partial charge in [-0.25, -0.2) is 0 Å². The van der Waals surface area contributed by atoms with Gasteiger partial charge in [0, 0.05) is 36.5 Å². The number of nitrogens with two attached hydrogens (primary N) is 1. The Morgan fingerprint density at radius 1 is 1.17 bits per heavy atom. The molecule has 3 rings (SSSR count). The van der Waals surface area contributed by atoms with Gasteiger partial charge in [-0.1, -0.05) is 6.07 Å². The van der Waals surface area contributed by atoms with Crippen LogP contribution in [0.3, 0.4) is 0 Å². The van der Waals surface area contributed by atoms with E-state index in [4.69, 9.17) is 5.73 Å². The van der Waals surface area contributed by atoms with Gasteiger partial charge in [-0.15, -0.1) is 0 Å². The monoisotopic (exact) mass is 245 g/mol. The maximum Gasteiger partial charge on any atom is 0.0417 e. The van der Waals surface area contributed by atoms with Crippen LogP contribution in [0.25, 0.3) is 0 Å². The van der Waals surface area contributed by atoms with E-state index in [-0.39, 0.29) is 0 Å². The molecule has 2 N–H and O–H groups in total. The summed E-state index contributed by atoms with van der Waals surface area (Å²) in [7, 11) is 2.29. The van der Waals surface area contributed by atoms with Crippen molar-refractivity contribution in [2.45, 2.75) is 38.3 Å². The van der Waals surface area contributed by atoms with Gasteiger partial charge in [0.15, 0.2) is 0 Å². The van der Waals surface area contributed by atoms with E-state index in [1.807, 2.05) is 6.07 Å². The Balaban J connectivity index is 1.87. The Kier molecular flexibility index (Phi) is 2.94. The lowest BCUT2D eigenvalue weighted by Gasteiger charge is -2.29. The summed E-state index contributed by atoms with van der Waals surface area (Å²) in [5.41, 5.74) is 9.51. The van der Waals surface area contributed by atoms with Crippen LogP contribution in [0.5, 0.6) is 0 Å². The maximum atomic E-state index is 6.03. The maximum absolute atomic E-state index is 6.03. The number of hydrogen-bond donors (Lipinski definition) is 1. The van der Waals surface area contributed by atoms with Crippen molar-refractivity contribution in [3.8, 4) is 0 Å². The molecule has 3 heteroatoms. The van der Waals surface area contributed by atoms with Gasteiger partial charge in [-0.05, 0) is 50.9 Å². The summed E-state index contributed by atoms with van der Waals surface area (Å²) in [6.07, 6.45) is 4.01. The van der Waals surface area contributed by atoms with E-state index in [0.29, 0.717) is 0 Å². The molecule has 2 aliphatic rings. The third-order valence-corrected chi connectivity index (χ3v) is 4.84. The molecule has 1 aromatic rings. The Bertz CT molecular complexity index is 443. The van der Waals surface area contributed by atoms with E-state index < -0.39 is 0 Å². The minimum Gasteiger partial charge on any atom is -0.398 e. The fourth-order valence-corrected chi connectivity index (χ4v) is 3.51. The van der Waals surface area contributed by atoms with E-state index in [2.05, 4.69) is 35.9 Å². The summed E-state index contributed by atoms with van der Waals surface area (Å²) in [6, 6.07) is 7.80. The van der Waals surface area contributed by atoms with Crippen LogP contribution in [0.4, 0.5) is 11.4 Å². The Morgan fingerprint density at radius 3 is 2.78 bits per heavy atom. The second-order valence-electron chi connectivity index (χ2n) is 5.78. The average molecular weight is 245 g/mol. The lowest BCUT2D eigenvalue weighted by molar-refractivity contribution is 0.254. The first-order chi connectivity index (χ1) is 8.66. The summed E-state index contributed by atoms with van der Waals surface area (Å²) < 4.78 is 0. The van der Waals surface area contributed by atoms with Crippen LogP contribution in [0.2, 0.25) is 0 Å². The minimum absolute atomic E-state index is 0.721. The molecule has 0 aromatic heterocycles. The zero-order valence-corrected chi connectivity index (χ0v) is 11.4. The third-order valence-electron chi connectivity index (χ3n) is 4.84. The molecule has 2 atom stereocenters. The smallest absolute Gasteiger partial charge is 0.0417 e. The topological polar surface area (TPSA) is 32.5 Å². The molecule has 2 saturated heterocycles. The zero-order valence-electron chi connectivity index (χ0n) is 11.4. The molecule has 0 saturated carbocycles. The van der Waals surface area contributed by atoms with Crippen molar-refractivity contribution in [2.24, 2.45) is 0 Å². The summed E-state index contributed by atoms with van der Waals surface area (Å²) in [5.74, 6) is 0. The molecule has 0 amide bonds. The molecule has 98 valence electrons. The molecule has 2 aliphatic heterocycles. The fourth-order valence-electron chi connectivity index (χ4n) is 3.51. The van der Waals surface area contributed by atoms with E-state index >= 15 is 0 Å². The van der Waals surface area contributed by atoms with Gasteiger partial charge in [0.25, 0.3) is 0 Å². The quantitative estimate of drug-likeness (QED) is 0.770. The molecule has 18 heavy (non-hydrogen) atoms. The first kappa shape index (κ1) is 11.8.